The molecule has 1 aromatic carbocycles. The zero-order valence-electron chi connectivity index (χ0n) is 13.4. The van der Waals surface area contributed by atoms with Crippen molar-refractivity contribution in [2.24, 2.45) is 0 Å². The molecule has 2 heterocycles. The molecular weight excluding hydrogens is 333 g/mol. The first-order chi connectivity index (χ1) is 10.2. The van der Waals surface area contributed by atoms with Crippen LogP contribution in [0.4, 0.5) is 5.69 Å². The number of benzene rings is 1. The molecule has 0 spiro atoms. The lowest BCUT2D eigenvalue weighted by Gasteiger charge is -2.37. The van der Waals surface area contributed by atoms with Crippen LogP contribution < -0.4 is 5.73 Å². The SMILES string of the molecule is Cl.Cl.Nc1ccc(CC(=O)N2CCCC(N3CCCC3)C2)cc1. The minimum absolute atomic E-state index is 0. The Morgan fingerprint density at radius 1 is 1.04 bits per heavy atom. The minimum Gasteiger partial charge on any atom is -0.399 e. The molecular formula is C17H27Cl2N3O. The molecule has 0 aliphatic carbocycles. The molecule has 2 aliphatic heterocycles. The van der Waals surface area contributed by atoms with Crippen molar-refractivity contribution in [3.8, 4) is 0 Å². The lowest BCUT2D eigenvalue weighted by atomic mass is 10.0. The van der Waals surface area contributed by atoms with Crippen molar-refractivity contribution >= 4 is 36.4 Å². The number of carbonyl (C=O) groups is 1. The topological polar surface area (TPSA) is 49.6 Å². The maximum Gasteiger partial charge on any atom is 0.227 e. The summed E-state index contributed by atoms with van der Waals surface area (Å²) in [6, 6.07) is 8.22. The number of nitrogen functional groups attached to an aromatic ring is 1. The first-order valence-electron chi connectivity index (χ1n) is 8.08. The largest absolute Gasteiger partial charge is 0.399 e. The molecule has 2 aliphatic rings. The van der Waals surface area contributed by atoms with Gasteiger partial charge in [-0.25, -0.2) is 0 Å². The minimum atomic E-state index is 0. The van der Waals surface area contributed by atoms with Gasteiger partial charge >= 0.3 is 0 Å². The molecule has 2 fully saturated rings. The highest BCUT2D eigenvalue weighted by Crippen LogP contribution is 2.21. The fourth-order valence-corrected chi connectivity index (χ4v) is 3.51. The van der Waals surface area contributed by atoms with Gasteiger partial charge in [-0.05, 0) is 56.5 Å². The Hall–Kier alpha value is -0.970. The Kier molecular flexibility index (Phi) is 8.17. The number of amides is 1. The molecule has 1 unspecified atom stereocenters. The molecule has 2 N–H and O–H groups in total. The molecule has 3 rings (SSSR count). The van der Waals surface area contributed by atoms with E-state index in [4.69, 9.17) is 5.73 Å². The van der Waals surface area contributed by atoms with Gasteiger partial charge in [0, 0.05) is 24.8 Å². The molecule has 1 amide bonds. The molecule has 1 aromatic rings. The van der Waals surface area contributed by atoms with Gasteiger partial charge < -0.3 is 10.6 Å². The van der Waals surface area contributed by atoms with Crippen LogP contribution in [0.1, 0.15) is 31.2 Å². The lowest BCUT2D eigenvalue weighted by Crippen LogP contribution is -2.49. The van der Waals surface area contributed by atoms with Gasteiger partial charge in [0.1, 0.15) is 0 Å². The number of carbonyl (C=O) groups excluding carboxylic acids is 1. The summed E-state index contributed by atoms with van der Waals surface area (Å²) in [5.74, 6) is 0.253. The Balaban J connectivity index is 0.00000132. The number of rotatable bonds is 3. The maximum atomic E-state index is 12.5. The molecule has 1 atom stereocenters. The van der Waals surface area contributed by atoms with Crippen LogP contribution >= 0.6 is 24.8 Å². The monoisotopic (exact) mass is 359 g/mol. The molecule has 0 radical (unpaired) electrons. The predicted octanol–water partition coefficient (Wildman–Crippen LogP) is 2.74. The van der Waals surface area contributed by atoms with Crippen LogP contribution in [-0.2, 0) is 11.2 Å². The maximum absolute atomic E-state index is 12.5. The fraction of sp³-hybridized carbons (Fsp3) is 0.588. The van der Waals surface area contributed by atoms with Gasteiger partial charge in [-0.1, -0.05) is 12.1 Å². The third-order valence-corrected chi connectivity index (χ3v) is 4.74. The van der Waals surface area contributed by atoms with Gasteiger partial charge in [0.25, 0.3) is 0 Å². The van der Waals surface area contributed by atoms with E-state index >= 15 is 0 Å². The third-order valence-electron chi connectivity index (χ3n) is 4.74. The lowest BCUT2D eigenvalue weighted by molar-refractivity contribution is -0.132. The molecule has 6 heteroatoms. The van der Waals surface area contributed by atoms with Crippen molar-refractivity contribution in [2.45, 2.75) is 38.1 Å². The second kappa shape index (κ2) is 9.36. The van der Waals surface area contributed by atoms with Crippen LogP contribution in [0.3, 0.4) is 0 Å². The Morgan fingerprint density at radius 3 is 2.35 bits per heavy atom. The summed E-state index contributed by atoms with van der Waals surface area (Å²) < 4.78 is 0. The van der Waals surface area contributed by atoms with Crippen LogP contribution in [0.5, 0.6) is 0 Å². The molecule has 0 saturated carbocycles. The normalized spacial score (nSPS) is 21.4. The quantitative estimate of drug-likeness (QED) is 0.844. The number of likely N-dealkylation sites (tertiary alicyclic amines) is 2. The van der Waals surface area contributed by atoms with E-state index in [2.05, 4.69) is 9.80 Å². The smallest absolute Gasteiger partial charge is 0.227 e. The summed E-state index contributed by atoms with van der Waals surface area (Å²) in [6.45, 7) is 4.25. The van der Waals surface area contributed by atoms with Crippen LogP contribution in [0.25, 0.3) is 0 Å². The van der Waals surface area contributed by atoms with Crippen LogP contribution in [0.2, 0.25) is 0 Å². The van der Waals surface area contributed by atoms with Crippen LogP contribution in [-0.4, -0.2) is 47.9 Å². The van der Waals surface area contributed by atoms with Crippen LogP contribution in [0.15, 0.2) is 24.3 Å². The number of anilines is 1. The zero-order chi connectivity index (χ0) is 14.7. The van der Waals surface area contributed by atoms with E-state index in [1.807, 2.05) is 24.3 Å². The third kappa shape index (κ3) is 5.27. The average molecular weight is 360 g/mol. The molecule has 23 heavy (non-hydrogen) atoms. The van der Waals surface area contributed by atoms with E-state index < -0.39 is 0 Å². The van der Waals surface area contributed by atoms with Crippen molar-refractivity contribution in [1.82, 2.24) is 9.80 Å². The average Bonchev–Trinajstić information content (AvgIpc) is 3.04. The summed E-state index contributed by atoms with van der Waals surface area (Å²) in [5, 5.41) is 0. The fourth-order valence-electron chi connectivity index (χ4n) is 3.51. The number of hydrogen-bond acceptors (Lipinski definition) is 3. The van der Waals surface area contributed by atoms with E-state index in [0.717, 1.165) is 30.8 Å². The first kappa shape index (κ1) is 20.1. The van der Waals surface area contributed by atoms with Gasteiger partial charge in [0.2, 0.25) is 5.91 Å². The predicted molar refractivity (Wildman–Crippen MR) is 99.5 cm³/mol. The van der Waals surface area contributed by atoms with E-state index in [9.17, 15) is 4.79 Å². The molecule has 130 valence electrons. The van der Waals surface area contributed by atoms with Gasteiger partial charge in [0.05, 0.1) is 6.42 Å². The Labute approximate surface area is 151 Å². The van der Waals surface area contributed by atoms with Crippen molar-refractivity contribution < 1.29 is 4.79 Å². The van der Waals surface area contributed by atoms with Crippen molar-refractivity contribution in [2.75, 3.05) is 31.9 Å². The van der Waals surface area contributed by atoms with Crippen molar-refractivity contribution in [3.63, 3.8) is 0 Å². The summed E-state index contributed by atoms with van der Waals surface area (Å²) in [7, 11) is 0. The number of halogens is 2. The molecule has 0 aromatic heterocycles. The zero-order valence-corrected chi connectivity index (χ0v) is 15.1. The van der Waals surface area contributed by atoms with Gasteiger partial charge in [-0.3, -0.25) is 9.69 Å². The van der Waals surface area contributed by atoms with Gasteiger partial charge in [0.15, 0.2) is 0 Å². The summed E-state index contributed by atoms with van der Waals surface area (Å²) in [4.78, 5) is 17.1. The van der Waals surface area contributed by atoms with Crippen LogP contribution in [0, 0.1) is 0 Å². The highest BCUT2D eigenvalue weighted by atomic mass is 35.5. The molecule has 0 bridgehead atoms. The highest BCUT2D eigenvalue weighted by molar-refractivity contribution is 5.85. The van der Waals surface area contributed by atoms with E-state index in [1.54, 1.807) is 0 Å². The summed E-state index contributed by atoms with van der Waals surface area (Å²) >= 11 is 0. The number of nitrogens with zero attached hydrogens (tertiary/aromatic N) is 2. The van der Waals surface area contributed by atoms with E-state index in [1.165, 1.54) is 32.4 Å². The Morgan fingerprint density at radius 2 is 1.70 bits per heavy atom. The van der Waals surface area contributed by atoms with E-state index in [-0.39, 0.29) is 30.7 Å². The second-order valence-corrected chi connectivity index (χ2v) is 6.30. The summed E-state index contributed by atoms with van der Waals surface area (Å²) in [5.41, 5.74) is 7.49. The number of hydrogen-bond donors (Lipinski definition) is 1. The second-order valence-electron chi connectivity index (χ2n) is 6.30. The standard InChI is InChI=1S/C17H25N3O.2ClH/c18-15-7-5-14(6-8-15)12-17(21)20-11-3-4-16(13-20)19-9-1-2-10-19;;/h5-8,16H,1-4,9-13,18H2;2*1H. The molecule has 2 saturated heterocycles. The summed E-state index contributed by atoms with van der Waals surface area (Å²) in [6.07, 6.45) is 5.50. The first-order valence-corrected chi connectivity index (χ1v) is 8.08. The number of piperidine rings is 1. The van der Waals surface area contributed by atoms with E-state index in [0.29, 0.717) is 12.5 Å². The van der Waals surface area contributed by atoms with Crippen molar-refractivity contribution in [3.05, 3.63) is 29.8 Å². The Bertz CT molecular complexity index is 489. The van der Waals surface area contributed by atoms with Gasteiger partial charge in [-0.15, -0.1) is 24.8 Å². The highest BCUT2D eigenvalue weighted by Gasteiger charge is 2.29. The van der Waals surface area contributed by atoms with Gasteiger partial charge in [-0.2, -0.15) is 0 Å². The number of nitrogens with two attached hydrogens (primary N) is 1. The van der Waals surface area contributed by atoms with Crippen molar-refractivity contribution in [1.29, 1.82) is 0 Å². The molecule has 4 nitrogen and oxygen atoms in total.